The van der Waals surface area contributed by atoms with Crippen molar-refractivity contribution in [2.45, 2.75) is 51.3 Å². The molecule has 1 fully saturated rings. The van der Waals surface area contributed by atoms with Crippen molar-refractivity contribution in [3.8, 4) is 0 Å². The van der Waals surface area contributed by atoms with Crippen molar-refractivity contribution < 1.29 is 27.1 Å². The third-order valence-corrected chi connectivity index (χ3v) is 3.73. The van der Waals surface area contributed by atoms with Crippen LogP contribution in [0.5, 0.6) is 0 Å². The summed E-state index contributed by atoms with van der Waals surface area (Å²) in [7, 11) is 0. The first-order valence-electron chi connectivity index (χ1n) is 7.68. The van der Waals surface area contributed by atoms with E-state index in [4.69, 9.17) is 4.74 Å². The first-order valence-corrected chi connectivity index (χ1v) is 7.68. The molecule has 1 aliphatic rings. The van der Waals surface area contributed by atoms with E-state index in [1.54, 1.807) is 20.8 Å². The van der Waals surface area contributed by atoms with Gasteiger partial charge in [0.2, 0.25) is 0 Å². The molecule has 0 unspecified atom stereocenters. The summed E-state index contributed by atoms with van der Waals surface area (Å²) in [6.07, 6.45) is -3.56. The Labute approximate surface area is 137 Å². The molecule has 0 radical (unpaired) electrons. The van der Waals surface area contributed by atoms with Gasteiger partial charge in [-0.3, -0.25) is 4.98 Å². The van der Waals surface area contributed by atoms with Crippen LogP contribution in [0.1, 0.15) is 50.8 Å². The number of carbonyl (C=O) groups is 1. The highest BCUT2D eigenvalue weighted by molar-refractivity contribution is 5.68. The van der Waals surface area contributed by atoms with Crippen molar-refractivity contribution in [2.24, 2.45) is 0 Å². The molecule has 1 aromatic heterocycles. The minimum atomic E-state index is -4.62. The van der Waals surface area contributed by atoms with Crippen LogP contribution in [0.4, 0.5) is 22.4 Å². The average molecular weight is 348 g/mol. The maximum atomic E-state index is 14.0. The van der Waals surface area contributed by atoms with Crippen LogP contribution in [0.25, 0.3) is 0 Å². The van der Waals surface area contributed by atoms with Crippen LogP contribution >= 0.6 is 0 Å². The fraction of sp³-hybridized carbons (Fsp3) is 0.625. The van der Waals surface area contributed by atoms with Crippen LogP contribution in [-0.2, 0) is 10.9 Å². The van der Waals surface area contributed by atoms with Crippen LogP contribution in [-0.4, -0.2) is 34.7 Å². The molecule has 1 aliphatic heterocycles. The number of alkyl halides is 3. The first-order chi connectivity index (χ1) is 11.0. The minimum absolute atomic E-state index is 0.0202. The molecule has 0 spiro atoms. The summed E-state index contributed by atoms with van der Waals surface area (Å²) in [6, 6.07) is 0.475. The van der Waals surface area contributed by atoms with Gasteiger partial charge in [-0.25, -0.2) is 9.18 Å². The van der Waals surface area contributed by atoms with Crippen LogP contribution in [0, 0.1) is 5.82 Å². The summed E-state index contributed by atoms with van der Waals surface area (Å²) in [4.78, 5) is 17.2. The number of piperidine rings is 1. The third kappa shape index (κ3) is 4.58. The fourth-order valence-corrected chi connectivity index (χ4v) is 2.57. The van der Waals surface area contributed by atoms with Gasteiger partial charge >= 0.3 is 12.3 Å². The fourth-order valence-electron chi connectivity index (χ4n) is 2.57. The lowest BCUT2D eigenvalue weighted by Gasteiger charge is -2.33. The Bertz CT molecular complexity index is 603. The van der Waals surface area contributed by atoms with E-state index >= 15 is 0 Å². The Hall–Kier alpha value is -1.86. The lowest BCUT2D eigenvalue weighted by molar-refractivity contribution is -0.138. The zero-order valence-corrected chi connectivity index (χ0v) is 13.8. The molecule has 0 saturated carbocycles. The molecule has 8 heteroatoms. The average Bonchev–Trinajstić information content (AvgIpc) is 2.44. The van der Waals surface area contributed by atoms with Crippen molar-refractivity contribution in [1.82, 2.24) is 9.88 Å². The normalized spacial score (nSPS) is 17.0. The molecular formula is C16H20F4N2O2. The number of amides is 1. The van der Waals surface area contributed by atoms with E-state index < -0.39 is 29.3 Å². The van der Waals surface area contributed by atoms with Gasteiger partial charge in [-0.1, -0.05) is 0 Å². The number of hydrogen-bond donors (Lipinski definition) is 0. The Morgan fingerprint density at radius 1 is 1.25 bits per heavy atom. The second-order valence-corrected chi connectivity index (χ2v) is 6.83. The van der Waals surface area contributed by atoms with E-state index in [9.17, 15) is 22.4 Å². The highest BCUT2D eigenvalue weighted by Crippen LogP contribution is 2.33. The monoisotopic (exact) mass is 348 g/mol. The number of nitrogens with zero attached hydrogens (tertiary/aromatic N) is 2. The molecule has 4 nitrogen and oxygen atoms in total. The SMILES string of the molecule is CC(C)(C)OC(=O)N1CCC(c2ncc(C(F)(F)F)cc2F)CC1. The number of rotatable bonds is 1. The van der Waals surface area contributed by atoms with Gasteiger partial charge in [0.25, 0.3) is 0 Å². The summed E-state index contributed by atoms with van der Waals surface area (Å²) >= 11 is 0. The lowest BCUT2D eigenvalue weighted by atomic mass is 9.92. The molecule has 0 atom stereocenters. The van der Waals surface area contributed by atoms with Gasteiger partial charge in [0.05, 0.1) is 11.3 Å². The van der Waals surface area contributed by atoms with Gasteiger partial charge in [0.15, 0.2) is 0 Å². The molecule has 0 aliphatic carbocycles. The van der Waals surface area contributed by atoms with Gasteiger partial charge in [-0.15, -0.1) is 0 Å². The molecule has 1 aromatic rings. The van der Waals surface area contributed by atoms with Crippen LogP contribution in [0.2, 0.25) is 0 Å². The zero-order chi connectivity index (χ0) is 18.1. The molecule has 1 saturated heterocycles. The highest BCUT2D eigenvalue weighted by Gasteiger charge is 2.34. The number of hydrogen-bond acceptors (Lipinski definition) is 3. The van der Waals surface area contributed by atoms with Gasteiger partial charge in [-0.05, 0) is 39.7 Å². The van der Waals surface area contributed by atoms with E-state index in [2.05, 4.69) is 4.98 Å². The lowest BCUT2D eigenvalue weighted by Crippen LogP contribution is -2.41. The molecule has 0 N–H and O–H groups in total. The smallest absolute Gasteiger partial charge is 0.417 e. The van der Waals surface area contributed by atoms with Gasteiger partial charge in [0, 0.05) is 25.2 Å². The molecule has 2 rings (SSSR count). The number of halogens is 4. The van der Waals surface area contributed by atoms with Crippen molar-refractivity contribution in [3.63, 3.8) is 0 Å². The third-order valence-electron chi connectivity index (χ3n) is 3.73. The molecule has 0 aromatic carbocycles. The second kappa shape index (κ2) is 6.57. The minimum Gasteiger partial charge on any atom is -0.444 e. The van der Waals surface area contributed by atoms with Gasteiger partial charge in [-0.2, -0.15) is 13.2 Å². The topological polar surface area (TPSA) is 42.4 Å². The quantitative estimate of drug-likeness (QED) is 0.709. The summed E-state index contributed by atoms with van der Waals surface area (Å²) in [5.74, 6) is -1.27. The van der Waals surface area contributed by atoms with Crippen LogP contribution in [0.3, 0.4) is 0 Å². The van der Waals surface area contributed by atoms with E-state index in [1.807, 2.05) is 0 Å². The van der Waals surface area contributed by atoms with E-state index in [-0.39, 0.29) is 11.6 Å². The molecule has 24 heavy (non-hydrogen) atoms. The number of likely N-dealkylation sites (tertiary alicyclic amines) is 1. The maximum absolute atomic E-state index is 14.0. The van der Waals surface area contributed by atoms with E-state index in [0.717, 1.165) is 0 Å². The van der Waals surface area contributed by atoms with E-state index in [0.29, 0.717) is 38.2 Å². The predicted molar refractivity (Wildman–Crippen MR) is 79.0 cm³/mol. The van der Waals surface area contributed by atoms with Crippen LogP contribution < -0.4 is 0 Å². The van der Waals surface area contributed by atoms with E-state index in [1.165, 1.54) is 4.90 Å². The molecule has 2 heterocycles. The number of ether oxygens (including phenoxy) is 1. The largest absolute Gasteiger partial charge is 0.444 e. The Morgan fingerprint density at radius 3 is 2.29 bits per heavy atom. The number of carbonyl (C=O) groups excluding carboxylic acids is 1. The molecular weight excluding hydrogens is 328 g/mol. The van der Waals surface area contributed by atoms with Crippen LogP contribution in [0.15, 0.2) is 12.3 Å². The predicted octanol–water partition coefficient (Wildman–Crippen LogP) is 4.35. The Balaban J connectivity index is 2.01. The summed E-state index contributed by atoms with van der Waals surface area (Å²) < 4.78 is 56.9. The van der Waals surface area contributed by atoms with Gasteiger partial charge in [0.1, 0.15) is 11.4 Å². The molecule has 1 amide bonds. The maximum Gasteiger partial charge on any atom is 0.417 e. The molecule has 0 bridgehead atoms. The number of aromatic nitrogens is 1. The van der Waals surface area contributed by atoms with Crippen molar-refractivity contribution >= 4 is 6.09 Å². The standard InChI is InChI=1S/C16H20F4N2O2/c1-15(2,3)24-14(23)22-6-4-10(5-7-22)13-12(17)8-11(9-21-13)16(18,19)20/h8-10H,4-7H2,1-3H3. The summed E-state index contributed by atoms with van der Waals surface area (Å²) in [5, 5.41) is 0. The first kappa shape index (κ1) is 18.5. The summed E-state index contributed by atoms with van der Waals surface area (Å²) in [5.41, 5.74) is -1.68. The Morgan fingerprint density at radius 2 is 1.83 bits per heavy atom. The number of pyridine rings is 1. The highest BCUT2D eigenvalue weighted by atomic mass is 19.4. The second-order valence-electron chi connectivity index (χ2n) is 6.83. The van der Waals surface area contributed by atoms with Crippen molar-refractivity contribution in [2.75, 3.05) is 13.1 Å². The summed E-state index contributed by atoms with van der Waals surface area (Å²) in [6.45, 7) is 5.99. The Kier molecular flexibility index (Phi) is 5.05. The van der Waals surface area contributed by atoms with Gasteiger partial charge < -0.3 is 9.64 Å². The van der Waals surface area contributed by atoms with Crippen molar-refractivity contribution in [3.05, 3.63) is 29.3 Å². The zero-order valence-electron chi connectivity index (χ0n) is 13.8. The molecule has 134 valence electrons. The van der Waals surface area contributed by atoms with Crippen molar-refractivity contribution in [1.29, 1.82) is 0 Å².